The number of nitriles is 1. The van der Waals surface area contributed by atoms with E-state index in [4.69, 9.17) is 16.9 Å². The molecule has 0 unspecified atom stereocenters. The average molecular weight is 295 g/mol. The van der Waals surface area contributed by atoms with E-state index in [1.165, 1.54) is 6.07 Å². The molecule has 0 aromatic heterocycles. The number of halogens is 3. The Morgan fingerprint density at radius 2 is 1.80 bits per heavy atom. The fourth-order valence-electron chi connectivity index (χ4n) is 1.66. The van der Waals surface area contributed by atoms with E-state index in [1.54, 1.807) is 36.4 Å². The lowest BCUT2D eigenvalue weighted by Crippen LogP contribution is -2.04. The molecule has 20 heavy (non-hydrogen) atoms. The highest BCUT2D eigenvalue weighted by atomic mass is 35.5. The van der Waals surface area contributed by atoms with Crippen LogP contribution in [0.25, 0.3) is 0 Å². The van der Waals surface area contributed by atoms with Gasteiger partial charge < -0.3 is 10.1 Å². The highest BCUT2D eigenvalue weighted by molar-refractivity contribution is 6.32. The standard InChI is InChI=1S/C14H9ClF2N2O/c15-10-4-3-6-11(9(10)8-18)19-12-5-1-2-7-13(12)20-14(16)17/h1-7,14,19H. The SMILES string of the molecule is N#Cc1c(Cl)cccc1Nc1ccccc1OC(F)F. The topological polar surface area (TPSA) is 45.0 Å². The van der Waals surface area contributed by atoms with Crippen LogP contribution in [-0.2, 0) is 0 Å². The summed E-state index contributed by atoms with van der Waals surface area (Å²) in [6.07, 6.45) is 0. The molecule has 0 amide bonds. The fraction of sp³-hybridized carbons (Fsp3) is 0.0714. The Morgan fingerprint density at radius 1 is 1.10 bits per heavy atom. The Hall–Kier alpha value is -2.32. The molecule has 0 saturated carbocycles. The van der Waals surface area contributed by atoms with Crippen molar-refractivity contribution in [3.8, 4) is 11.8 Å². The third-order valence-electron chi connectivity index (χ3n) is 2.50. The molecular formula is C14H9ClF2N2O. The van der Waals surface area contributed by atoms with Gasteiger partial charge in [0.2, 0.25) is 0 Å². The predicted molar refractivity (Wildman–Crippen MR) is 72.5 cm³/mol. The largest absolute Gasteiger partial charge is 0.433 e. The summed E-state index contributed by atoms with van der Waals surface area (Å²) in [5.74, 6) is -0.00800. The number of anilines is 2. The second kappa shape index (κ2) is 6.22. The third-order valence-corrected chi connectivity index (χ3v) is 2.81. The van der Waals surface area contributed by atoms with Crippen LogP contribution < -0.4 is 10.1 Å². The normalized spacial score (nSPS) is 10.2. The first-order valence-electron chi connectivity index (χ1n) is 5.61. The lowest BCUT2D eigenvalue weighted by atomic mass is 10.2. The number of hydrogen-bond acceptors (Lipinski definition) is 3. The summed E-state index contributed by atoms with van der Waals surface area (Å²) in [6, 6.07) is 13.0. The van der Waals surface area contributed by atoms with Crippen molar-refractivity contribution in [1.82, 2.24) is 0 Å². The first-order valence-corrected chi connectivity index (χ1v) is 5.99. The number of alkyl halides is 2. The zero-order valence-electron chi connectivity index (χ0n) is 10.1. The minimum absolute atomic E-state index is 0.00800. The lowest BCUT2D eigenvalue weighted by molar-refractivity contribution is -0.0493. The van der Waals surface area contributed by atoms with Crippen LogP contribution >= 0.6 is 11.6 Å². The summed E-state index contributed by atoms with van der Waals surface area (Å²) in [6.45, 7) is -2.92. The van der Waals surface area contributed by atoms with Crippen LogP contribution in [-0.4, -0.2) is 6.61 Å². The second-order valence-electron chi connectivity index (χ2n) is 3.77. The molecule has 2 aromatic rings. The van der Waals surface area contributed by atoms with Gasteiger partial charge in [0.05, 0.1) is 22.0 Å². The Balaban J connectivity index is 2.36. The Morgan fingerprint density at radius 3 is 2.50 bits per heavy atom. The van der Waals surface area contributed by atoms with Gasteiger partial charge in [-0.25, -0.2) is 0 Å². The molecule has 0 fully saturated rings. The molecule has 102 valence electrons. The van der Waals surface area contributed by atoms with Crippen LogP contribution in [0.5, 0.6) is 5.75 Å². The van der Waals surface area contributed by atoms with E-state index >= 15 is 0 Å². The Bertz CT molecular complexity index is 656. The second-order valence-corrected chi connectivity index (χ2v) is 4.18. The van der Waals surface area contributed by atoms with Gasteiger partial charge in [-0.3, -0.25) is 0 Å². The highest BCUT2D eigenvalue weighted by Gasteiger charge is 2.12. The van der Waals surface area contributed by atoms with E-state index in [9.17, 15) is 8.78 Å². The van der Waals surface area contributed by atoms with E-state index in [2.05, 4.69) is 10.1 Å². The summed E-state index contributed by atoms with van der Waals surface area (Å²) < 4.78 is 29.1. The number of rotatable bonds is 4. The number of nitrogens with zero attached hydrogens (tertiary/aromatic N) is 1. The molecule has 2 aromatic carbocycles. The zero-order chi connectivity index (χ0) is 14.5. The van der Waals surface area contributed by atoms with Crippen molar-refractivity contribution < 1.29 is 13.5 Å². The van der Waals surface area contributed by atoms with Crippen LogP contribution in [0.15, 0.2) is 42.5 Å². The van der Waals surface area contributed by atoms with Gasteiger partial charge in [0.15, 0.2) is 0 Å². The average Bonchev–Trinajstić information content (AvgIpc) is 2.41. The summed E-state index contributed by atoms with van der Waals surface area (Å²) >= 11 is 5.91. The van der Waals surface area contributed by atoms with E-state index in [0.29, 0.717) is 11.4 Å². The Kier molecular flexibility index (Phi) is 4.38. The maximum absolute atomic E-state index is 12.3. The minimum Gasteiger partial charge on any atom is -0.433 e. The van der Waals surface area contributed by atoms with Crippen molar-refractivity contribution in [2.45, 2.75) is 6.61 Å². The fourth-order valence-corrected chi connectivity index (χ4v) is 1.87. The highest BCUT2D eigenvalue weighted by Crippen LogP contribution is 2.31. The van der Waals surface area contributed by atoms with E-state index in [-0.39, 0.29) is 16.3 Å². The molecular weight excluding hydrogens is 286 g/mol. The van der Waals surface area contributed by atoms with Gasteiger partial charge >= 0.3 is 6.61 Å². The Labute approximate surface area is 119 Å². The first kappa shape index (κ1) is 14.1. The zero-order valence-corrected chi connectivity index (χ0v) is 10.9. The molecule has 0 heterocycles. The molecule has 0 atom stereocenters. The van der Waals surface area contributed by atoms with Gasteiger partial charge in [-0.05, 0) is 24.3 Å². The van der Waals surface area contributed by atoms with E-state index < -0.39 is 6.61 Å². The quantitative estimate of drug-likeness (QED) is 0.899. The molecule has 0 aliphatic carbocycles. The van der Waals surface area contributed by atoms with Gasteiger partial charge in [-0.1, -0.05) is 29.8 Å². The van der Waals surface area contributed by atoms with Gasteiger partial charge in [0.25, 0.3) is 0 Å². The van der Waals surface area contributed by atoms with Crippen LogP contribution in [0.3, 0.4) is 0 Å². The molecule has 0 aliphatic heterocycles. The first-order chi connectivity index (χ1) is 9.61. The van der Waals surface area contributed by atoms with Crippen molar-refractivity contribution in [1.29, 1.82) is 5.26 Å². The van der Waals surface area contributed by atoms with Crippen molar-refractivity contribution in [3.63, 3.8) is 0 Å². The molecule has 0 saturated heterocycles. The van der Waals surface area contributed by atoms with Gasteiger partial charge in [-0.2, -0.15) is 14.0 Å². The maximum Gasteiger partial charge on any atom is 0.387 e. The molecule has 0 bridgehead atoms. The maximum atomic E-state index is 12.3. The summed E-state index contributed by atoms with van der Waals surface area (Å²) in [5.41, 5.74) is 0.984. The van der Waals surface area contributed by atoms with Crippen LogP contribution in [0.2, 0.25) is 5.02 Å². The van der Waals surface area contributed by atoms with Gasteiger partial charge in [0.1, 0.15) is 11.8 Å². The number of hydrogen-bond donors (Lipinski definition) is 1. The van der Waals surface area contributed by atoms with Crippen LogP contribution in [0, 0.1) is 11.3 Å². The van der Waals surface area contributed by atoms with Crippen LogP contribution in [0.1, 0.15) is 5.56 Å². The minimum atomic E-state index is -2.92. The van der Waals surface area contributed by atoms with Gasteiger partial charge in [0, 0.05) is 0 Å². The summed E-state index contributed by atoms with van der Waals surface area (Å²) in [5, 5.41) is 12.2. The number of para-hydroxylation sites is 2. The van der Waals surface area contributed by atoms with Crippen molar-refractivity contribution in [2.75, 3.05) is 5.32 Å². The number of ether oxygens (including phenoxy) is 1. The van der Waals surface area contributed by atoms with Crippen molar-refractivity contribution >= 4 is 23.0 Å². The molecule has 1 N–H and O–H groups in total. The number of nitrogens with one attached hydrogen (secondary N) is 1. The molecule has 6 heteroatoms. The monoisotopic (exact) mass is 294 g/mol. The molecule has 3 nitrogen and oxygen atoms in total. The lowest BCUT2D eigenvalue weighted by Gasteiger charge is -2.13. The van der Waals surface area contributed by atoms with Crippen LogP contribution in [0.4, 0.5) is 20.2 Å². The molecule has 0 spiro atoms. The summed E-state index contributed by atoms with van der Waals surface area (Å²) in [7, 11) is 0. The van der Waals surface area contributed by atoms with E-state index in [1.807, 2.05) is 6.07 Å². The smallest absolute Gasteiger partial charge is 0.387 e. The van der Waals surface area contributed by atoms with Crippen molar-refractivity contribution in [2.24, 2.45) is 0 Å². The molecule has 0 radical (unpaired) electrons. The summed E-state index contributed by atoms with van der Waals surface area (Å²) in [4.78, 5) is 0. The van der Waals surface area contributed by atoms with Gasteiger partial charge in [-0.15, -0.1) is 0 Å². The predicted octanol–water partition coefficient (Wildman–Crippen LogP) is 4.56. The number of benzene rings is 2. The van der Waals surface area contributed by atoms with E-state index in [0.717, 1.165) is 0 Å². The third kappa shape index (κ3) is 3.16. The van der Waals surface area contributed by atoms with Crippen molar-refractivity contribution in [3.05, 3.63) is 53.1 Å². The molecule has 0 aliphatic rings. The molecule has 2 rings (SSSR count).